The van der Waals surface area contributed by atoms with E-state index >= 15 is 0 Å². The van der Waals surface area contributed by atoms with Crippen LogP contribution in [0.3, 0.4) is 0 Å². The van der Waals surface area contributed by atoms with Gasteiger partial charge in [-0.25, -0.2) is 0 Å². The van der Waals surface area contributed by atoms with Gasteiger partial charge in [-0.2, -0.15) is 0 Å². The quantitative estimate of drug-likeness (QED) is 0.841. The Labute approximate surface area is 108 Å². The van der Waals surface area contributed by atoms with Crippen LogP contribution in [0.4, 0.5) is 0 Å². The van der Waals surface area contributed by atoms with Crippen molar-refractivity contribution in [3.05, 3.63) is 18.2 Å². The van der Waals surface area contributed by atoms with Gasteiger partial charge in [-0.1, -0.05) is 0 Å². The molecular formula is C14H21NO3. The molecule has 0 saturated carbocycles. The molecule has 1 fully saturated rings. The van der Waals surface area contributed by atoms with E-state index in [-0.39, 0.29) is 0 Å². The van der Waals surface area contributed by atoms with Crippen LogP contribution in [-0.4, -0.2) is 33.4 Å². The largest absolute Gasteiger partial charge is 0.493 e. The fourth-order valence-corrected chi connectivity index (χ4v) is 2.23. The first-order valence-electron chi connectivity index (χ1n) is 6.41. The molecule has 0 spiro atoms. The molecule has 1 heterocycles. The van der Waals surface area contributed by atoms with Crippen molar-refractivity contribution in [3.63, 3.8) is 0 Å². The molecule has 1 aliphatic heterocycles. The Balaban J connectivity index is 1.84. The molecule has 0 aromatic heterocycles. The first kappa shape index (κ1) is 13.0. The van der Waals surface area contributed by atoms with Gasteiger partial charge >= 0.3 is 0 Å². The van der Waals surface area contributed by atoms with Crippen molar-refractivity contribution in [2.45, 2.75) is 25.3 Å². The van der Waals surface area contributed by atoms with Crippen molar-refractivity contribution < 1.29 is 14.2 Å². The summed E-state index contributed by atoms with van der Waals surface area (Å²) in [6, 6.07) is 6.25. The minimum Gasteiger partial charge on any atom is -0.493 e. The lowest BCUT2D eigenvalue weighted by molar-refractivity contribution is 0.288. The highest BCUT2D eigenvalue weighted by atomic mass is 16.5. The lowest BCUT2D eigenvalue weighted by Crippen LogP contribution is -2.23. The molecule has 1 aromatic carbocycles. The molecule has 100 valence electrons. The summed E-state index contributed by atoms with van der Waals surface area (Å²) in [5.74, 6) is 2.25. The van der Waals surface area contributed by atoms with Crippen molar-refractivity contribution >= 4 is 0 Å². The predicted octanol–water partition coefficient (Wildman–Crippen LogP) is 2.22. The molecule has 4 nitrogen and oxygen atoms in total. The first-order chi connectivity index (χ1) is 8.83. The Bertz CT molecular complexity index is 375. The highest BCUT2D eigenvalue weighted by Gasteiger charge is 2.13. The number of ether oxygens (including phenoxy) is 3. The highest BCUT2D eigenvalue weighted by molar-refractivity contribution is 5.45. The minimum absolute atomic E-state index is 0.616. The zero-order chi connectivity index (χ0) is 12.8. The van der Waals surface area contributed by atoms with E-state index in [0.29, 0.717) is 11.8 Å². The maximum Gasteiger partial charge on any atom is 0.164 e. The lowest BCUT2D eigenvalue weighted by Gasteiger charge is -2.13. The summed E-state index contributed by atoms with van der Waals surface area (Å²) in [6.07, 6.45) is 3.59. The lowest BCUT2D eigenvalue weighted by atomic mass is 10.2. The van der Waals surface area contributed by atoms with Crippen LogP contribution >= 0.6 is 0 Å². The fraction of sp³-hybridized carbons (Fsp3) is 0.571. The van der Waals surface area contributed by atoms with Crippen LogP contribution in [0.1, 0.15) is 19.3 Å². The highest BCUT2D eigenvalue weighted by Crippen LogP contribution is 2.30. The topological polar surface area (TPSA) is 39.7 Å². The third-order valence-corrected chi connectivity index (χ3v) is 3.25. The molecule has 1 aromatic rings. The van der Waals surface area contributed by atoms with Crippen molar-refractivity contribution in [3.8, 4) is 17.2 Å². The number of rotatable bonds is 6. The second-order valence-electron chi connectivity index (χ2n) is 4.45. The molecule has 0 aliphatic carbocycles. The zero-order valence-electron chi connectivity index (χ0n) is 11.1. The number of methoxy groups -OCH3 is 2. The van der Waals surface area contributed by atoms with E-state index in [4.69, 9.17) is 14.2 Å². The third kappa shape index (κ3) is 3.29. The molecule has 4 heteroatoms. The average molecular weight is 251 g/mol. The summed E-state index contributed by atoms with van der Waals surface area (Å²) in [4.78, 5) is 0. The van der Waals surface area contributed by atoms with Crippen LogP contribution < -0.4 is 19.5 Å². The van der Waals surface area contributed by atoms with Crippen molar-refractivity contribution in [2.75, 3.05) is 27.4 Å². The number of hydrogen-bond donors (Lipinski definition) is 1. The van der Waals surface area contributed by atoms with E-state index in [1.807, 2.05) is 18.2 Å². The Hall–Kier alpha value is -1.42. The van der Waals surface area contributed by atoms with Crippen molar-refractivity contribution in [2.24, 2.45) is 0 Å². The second-order valence-corrected chi connectivity index (χ2v) is 4.45. The number of benzene rings is 1. The number of nitrogens with one attached hydrogen (secondary N) is 1. The first-order valence-corrected chi connectivity index (χ1v) is 6.41. The Morgan fingerprint density at radius 2 is 2.06 bits per heavy atom. The van der Waals surface area contributed by atoms with Crippen molar-refractivity contribution in [1.29, 1.82) is 0 Å². The maximum atomic E-state index is 5.73. The van der Waals surface area contributed by atoms with Crippen molar-refractivity contribution in [1.82, 2.24) is 5.32 Å². The maximum absolute atomic E-state index is 5.73. The van der Waals surface area contributed by atoms with Gasteiger partial charge in [0.15, 0.2) is 11.5 Å². The van der Waals surface area contributed by atoms with Gasteiger partial charge in [-0.15, -0.1) is 0 Å². The molecule has 1 N–H and O–H groups in total. The number of hydrogen-bond acceptors (Lipinski definition) is 4. The van der Waals surface area contributed by atoms with Gasteiger partial charge < -0.3 is 19.5 Å². The zero-order valence-corrected chi connectivity index (χ0v) is 11.1. The Kier molecular flexibility index (Phi) is 4.70. The molecule has 1 unspecified atom stereocenters. The summed E-state index contributed by atoms with van der Waals surface area (Å²) >= 11 is 0. The van der Waals surface area contributed by atoms with Gasteiger partial charge in [-0.05, 0) is 37.9 Å². The SMILES string of the molecule is COc1ccc(OCCC2CCCN2)cc1OC. The van der Waals surface area contributed by atoms with E-state index in [1.54, 1.807) is 14.2 Å². The van der Waals surface area contributed by atoms with Gasteiger partial charge in [0.25, 0.3) is 0 Å². The van der Waals surface area contributed by atoms with Crippen LogP contribution in [0.5, 0.6) is 17.2 Å². The van der Waals surface area contributed by atoms with Crippen LogP contribution in [0.15, 0.2) is 18.2 Å². The molecule has 0 amide bonds. The van der Waals surface area contributed by atoms with Crippen LogP contribution in [0.2, 0.25) is 0 Å². The summed E-state index contributed by atoms with van der Waals surface area (Å²) in [7, 11) is 3.26. The molecule has 1 saturated heterocycles. The average Bonchev–Trinajstić information content (AvgIpc) is 2.91. The molecule has 1 atom stereocenters. The molecule has 0 bridgehead atoms. The summed E-state index contributed by atoms with van der Waals surface area (Å²) in [5, 5.41) is 3.46. The Morgan fingerprint density at radius 3 is 2.72 bits per heavy atom. The second kappa shape index (κ2) is 6.50. The molecule has 18 heavy (non-hydrogen) atoms. The third-order valence-electron chi connectivity index (χ3n) is 3.25. The fourth-order valence-electron chi connectivity index (χ4n) is 2.23. The molecule has 0 radical (unpaired) electrons. The normalized spacial score (nSPS) is 18.7. The smallest absolute Gasteiger partial charge is 0.164 e. The van der Waals surface area contributed by atoms with Gasteiger partial charge in [-0.3, -0.25) is 0 Å². The van der Waals surface area contributed by atoms with Gasteiger partial charge in [0.2, 0.25) is 0 Å². The summed E-state index contributed by atoms with van der Waals surface area (Å²) in [6.45, 7) is 1.87. The molecule has 1 aliphatic rings. The van der Waals surface area contributed by atoms with E-state index in [9.17, 15) is 0 Å². The standard InChI is InChI=1S/C14H21NO3/c1-16-13-6-5-12(10-14(13)17-2)18-9-7-11-4-3-8-15-11/h5-6,10-11,15H,3-4,7-9H2,1-2H3. The molecular weight excluding hydrogens is 230 g/mol. The van der Waals surface area contributed by atoms with E-state index in [0.717, 1.165) is 31.1 Å². The van der Waals surface area contributed by atoms with Crippen LogP contribution in [0.25, 0.3) is 0 Å². The van der Waals surface area contributed by atoms with E-state index in [1.165, 1.54) is 12.8 Å². The van der Waals surface area contributed by atoms with Crippen LogP contribution in [-0.2, 0) is 0 Å². The summed E-state index contributed by atoms with van der Waals surface area (Å²) in [5.41, 5.74) is 0. The van der Waals surface area contributed by atoms with E-state index < -0.39 is 0 Å². The van der Waals surface area contributed by atoms with Gasteiger partial charge in [0, 0.05) is 12.1 Å². The molecule has 2 rings (SSSR count). The monoisotopic (exact) mass is 251 g/mol. The van der Waals surface area contributed by atoms with Crippen LogP contribution in [0, 0.1) is 0 Å². The summed E-state index contributed by atoms with van der Waals surface area (Å²) < 4.78 is 16.2. The Morgan fingerprint density at radius 1 is 1.22 bits per heavy atom. The van der Waals surface area contributed by atoms with Gasteiger partial charge in [0.05, 0.1) is 20.8 Å². The van der Waals surface area contributed by atoms with Gasteiger partial charge in [0.1, 0.15) is 5.75 Å². The predicted molar refractivity (Wildman–Crippen MR) is 70.7 cm³/mol. The van der Waals surface area contributed by atoms with E-state index in [2.05, 4.69) is 5.32 Å². The minimum atomic E-state index is 0.616.